The zero-order valence-corrected chi connectivity index (χ0v) is 11.7. The summed E-state index contributed by atoms with van der Waals surface area (Å²) in [5, 5.41) is 8.49. The van der Waals surface area contributed by atoms with Gasteiger partial charge in [-0.15, -0.1) is 10.2 Å². The quantitative estimate of drug-likeness (QED) is 0.674. The molecular formula is C12H22ClN3O. The van der Waals surface area contributed by atoms with Crippen LogP contribution in [0.25, 0.3) is 0 Å². The van der Waals surface area contributed by atoms with Gasteiger partial charge in [0.25, 0.3) is 0 Å². The molecule has 1 aromatic rings. The number of hydrogen-bond donors (Lipinski definition) is 0. The van der Waals surface area contributed by atoms with Crippen molar-refractivity contribution in [3.63, 3.8) is 0 Å². The molecule has 0 atom stereocenters. The summed E-state index contributed by atoms with van der Waals surface area (Å²) < 4.78 is 7.50. The van der Waals surface area contributed by atoms with E-state index >= 15 is 0 Å². The maximum atomic E-state index is 6.00. The standard InChI is InChI=1S/C12H22ClN3O/c1-4-7-11-14-15-12(13)16(11)8-5-6-9-17-10(2)3/h10H,4-9H2,1-3H3. The van der Waals surface area contributed by atoms with Crippen molar-refractivity contribution >= 4 is 11.6 Å². The molecule has 0 unspecified atom stereocenters. The Hall–Kier alpha value is -0.610. The van der Waals surface area contributed by atoms with E-state index in [0.29, 0.717) is 11.4 Å². The van der Waals surface area contributed by atoms with Crippen molar-refractivity contribution < 1.29 is 4.74 Å². The van der Waals surface area contributed by atoms with Crippen LogP contribution in [0.5, 0.6) is 0 Å². The van der Waals surface area contributed by atoms with Crippen molar-refractivity contribution in [2.24, 2.45) is 0 Å². The van der Waals surface area contributed by atoms with Crippen molar-refractivity contribution in [2.75, 3.05) is 6.61 Å². The third-order valence-electron chi connectivity index (χ3n) is 2.48. The fraction of sp³-hybridized carbons (Fsp3) is 0.833. The number of unbranched alkanes of at least 4 members (excludes halogenated alkanes) is 1. The number of ether oxygens (including phenoxy) is 1. The minimum Gasteiger partial charge on any atom is -0.379 e. The zero-order chi connectivity index (χ0) is 12.7. The van der Waals surface area contributed by atoms with Crippen LogP contribution in [0, 0.1) is 0 Å². The Bertz CT molecular complexity index is 326. The van der Waals surface area contributed by atoms with Gasteiger partial charge in [-0.2, -0.15) is 0 Å². The van der Waals surface area contributed by atoms with Gasteiger partial charge in [0.05, 0.1) is 6.10 Å². The summed E-state index contributed by atoms with van der Waals surface area (Å²) in [5.74, 6) is 0.988. The molecule has 98 valence electrons. The van der Waals surface area contributed by atoms with E-state index in [1.807, 2.05) is 4.57 Å². The van der Waals surface area contributed by atoms with Crippen LogP contribution in [0.4, 0.5) is 0 Å². The lowest BCUT2D eigenvalue weighted by Crippen LogP contribution is -2.07. The molecule has 0 aliphatic rings. The molecule has 0 fully saturated rings. The molecule has 1 rings (SSSR count). The van der Waals surface area contributed by atoms with E-state index in [1.165, 1.54) is 0 Å². The lowest BCUT2D eigenvalue weighted by atomic mass is 10.3. The molecule has 4 nitrogen and oxygen atoms in total. The van der Waals surface area contributed by atoms with E-state index in [0.717, 1.165) is 44.7 Å². The Balaban J connectivity index is 2.32. The van der Waals surface area contributed by atoms with Crippen LogP contribution in [-0.2, 0) is 17.7 Å². The maximum absolute atomic E-state index is 6.00. The van der Waals surface area contributed by atoms with Gasteiger partial charge in [-0.1, -0.05) is 6.92 Å². The van der Waals surface area contributed by atoms with E-state index < -0.39 is 0 Å². The first-order valence-electron chi connectivity index (χ1n) is 6.34. The average Bonchev–Trinajstić information content (AvgIpc) is 2.61. The lowest BCUT2D eigenvalue weighted by molar-refractivity contribution is 0.0754. The van der Waals surface area contributed by atoms with E-state index in [4.69, 9.17) is 16.3 Å². The Morgan fingerprint density at radius 1 is 1.29 bits per heavy atom. The van der Waals surface area contributed by atoms with Crippen molar-refractivity contribution in [3.05, 3.63) is 11.1 Å². The predicted molar refractivity (Wildman–Crippen MR) is 69.3 cm³/mol. The first-order valence-corrected chi connectivity index (χ1v) is 6.72. The van der Waals surface area contributed by atoms with Gasteiger partial charge in [0.2, 0.25) is 5.28 Å². The highest BCUT2D eigenvalue weighted by Crippen LogP contribution is 2.11. The zero-order valence-electron chi connectivity index (χ0n) is 10.9. The molecule has 0 aromatic carbocycles. The fourth-order valence-electron chi connectivity index (χ4n) is 1.63. The van der Waals surface area contributed by atoms with Crippen LogP contribution in [0.3, 0.4) is 0 Å². The summed E-state index contributed by atoms with van der Waals surface area (Å²) >= 11 is 6.00. The van der Waals surface area contributed by atoms with Gasteiger partial charge in [-0.3, -0.25) is 0 Å². The van der Waals surface area contributed by atoms with Crippen LogP contribution >= 0.6 is 11.6 Å². The predicted octanol–water partition coefficient (Wildman–Crippen LogP) is 3.09. The molecule has 0 saturated heterocycles. The molecular weight excluding hydrogens is 238 g/mol. The molecule has 0 aliphatic carbocycles. The Morgan fingerprint density at radius 2 is 2.06 bits per heavy atom. The molecule has 0 radical (unpaired) electrons. The second-order valence-corrected chi connectivity index (χ2v) is 4.75. The molecule has 5 heteroatoms. The second kappa shape index (κ2) is 7.67. The third-order valence-corrected chi connectivity index (χ3v) is 2.76. The first-order chi connectivity index (χ1) is 8.15. The van der Waals surface area contributed by atoms with Gasteiger partial charge in [-0.05, 0) is 44.7 Å². The monoisotopic (exact) mass is 259 g/mol. The molecule has 0 N–H and O–H groups in total. The van der Waals surface area contributed by atoms with Gasteiger partial charge in [0.15, 0.2) is 0 Å². The van der Waals surface area contributed by atoms with Gasteiger partial charge in [0, 0.05) is 19.6 Å². The van der Waals surface area contributed by atoms with Gasteiger partial charge < -0.3 is 9.30 Å². The Kier molecular flexibility index (Phi) is 6.52. The van der Waals surface area contributed by atoms with E-state index in [9.17, 15) is 0 Å². The lowest BCUT2D eigenvalue weighted by Gasteiger charge is -2.09. The van der Waals surface area contributed by atoms with Crippen LogP contribution < -0.4 is 0 Å². The number of aromatic nitrogens is 3. The minimum atomic E-state index is 0.309. The van der Waals surface area contributed by atoms with E-state index in [-0.39, 0.29) is 0 Å². The highest BCUT2D eigenvalue weighted by Gasteiger charge is 2.08. The number of hydrogen-bond acceptors (Lipinski definition) is 3. The summed E-state index contributed by atoms with van der Waals surface area (Å²) in [7, 11) is 0. The van der Waals surface area contributed by atoms with E-state index in [2.05, 4.69) is 31.0 Å². The molecule has 1 aromatic heterocycles. The van der Waals surface area contributed by atoms with Crippen LogP contribution in [0.1, 0.15) is 45.9 Å². The van der Waals surface area contributed by atoms with E-state index in [1.54, 1.807) is 0 Å². The number of rotatable bonds is 8. The summed E-state index contributed by atoms with van der Waals surface area (Å²) in [6.07, 6.45) is 4.39. The molecule has 1 heterocycles. The average molecular weight is 260 g/mol. The van der Waals surface area contributed by atoms with Gasteiger partial charge in [0.1, 0.15) is 5.82 Å². The molecule has 0 saturated carbocycles. The molecule has 0 spiro atoms. The maximum Gasteiger partial charge on any atom is 0.225 e. The van der Waals surface area contributed by atoms with Crippen molar-refractivity contribution in [1.82, 2.24) is 14.8 Å². The minimum absolute atomic E-state index is 0.309. The van der Waals surface area contributed by atoms with Crippen LogP contribution in [0.2, 0.25) is 5.28 Å². The third kappa shape index (κ3) is 5.04. The number of nitrogens with zero attached hydrogens (tertiary/aromatic N) is 3. The van der Waals surface area contributed by atoms with Crippen molar-refractivity contribution in [2.45, 2.75) is 59.1 Å². The second-order valence-electron chi connectivity index (χ2n) is 4.41. The fourth-order valence-corrected chi connectivity index (χ4v) is 1.85. The Morgan fingerprint density at radius 3 is 2.71 bits per heavy atom. The number of aryl methyl sites for hydroxylation is 1. The molecule has 0 aliphatic heterocycles. The molecule has 0 bridgehead atoms. The number of halogens is 1. The van der Waals surface area contributed by atoms with Crippen molar-refractivity contribution in [3.8, 4) is 0 Å². The van der Waals surface area contributed by atoms with Crippen molar-refractivity contribution in [1.29, 1.82) is 0 Å². The highest BCUT2D eigenvalue weighted by atomic mass is 35.5. The highest BCUT2D eigenvalue weighted by molar-refractivity contribution is 6.28. The van der Waals surface area contributed by atoms with Crippen LogP contribution in [0.15, 0.2) is 0 Å². The topological polar surface area (TPSA) is 39.9 Å². The summed E-state index contributed by atoms with van der Waals surface area (Å²) in [6.45, 7) is 7.92. The smallest absolute Gasteiger partial charge is 0.225 e. The summed E-state index contributed by atoms with van der Waals surface area (Å²) in [4.78, 5) is 0. The summed E-state index contributed by atoms with van der Waals surface area (Å²) in [6, 6.07) is 0. The van der Waals surface area contributed by atoms with Crippen LogP contribution in [-0.4, -0.2) is 27.5 Å². The molecule has 17 heavy (non-hydrogen) atoms. The SMILES string of the molecule is CCCc1nnc(Cl)n1CCCCOC(C)C. The van der Waals surface area contributed by atoms with Gasteiger partial charge >= 0.3 is 0 Å². The molecule has 0 amide bonds. The largest absolute Gasteiger partial charge is 0.379 e. The Labute approximate surface area is 108 Å². The van der Waals surface area contributed by atoms with Gasteiger partial charge in [-0.25, -0.2) is 0 Å². The first kappa shape index (κ1) is 14.5. The summed E-state index contributed by atoms with van der Waals surface area (Å²) in [5.41, 5.74) is 0. The normalized spacial score (nSPS) is 11.4.